The highest BCUT2D eigenvalue weighted by molar-refractivity contribution is 6.31. The number of carbonyl (C=O) groups excluding carboxylic acids is 1. The first-order valence-electron chi connectivity index (χ1n) is 6.69. The minimum absolute atomic E-state index is 0.00947. The van der Waals surface area contributed by atoms with Gasteiger partial charge in [0.1, 0.15) is 0 Å². The molecular formula is C14H16ClF3N2O. The largest absolute Gasteiger partial charge is 0.416 e. The van der Waals surface area contributed by atoms with Crippen molar-refractivity contribution in [2.75, 3.05) is 5.32 Å². The number of nitrogens with one attached hydrogen (secondary N) is 1. The normalized spacial score (nSPS) is 18.3. The molecule has 1 aromatic rings. The summed E-state index contributed by atoms with van der Waals surface area (Å²) in [5.74, 6) is -0.461. The zero-order valence-electron chi connectivity index (χ0n) is 11.3. The number of hydrogen-bond donors (Lipinski definition) is 2. The van der Waals surface area contributed by atoms with E-state index in [0.717, 1.165) is 31.4 Å². The molecule has 0 aromatic heterocycles. The molecule has 1 aliphatic carbocycles. The molecule has 21 heavy (non-hydrogen) atoms. The van der Waals surface area contributed by atoms with E-state index in [1.807, 2.05) is 0 Å². The van der Waals surface area contributed by atoms with Crippen LogP contribution >= 0.6 is 11.6 Å². The second kappa shape index (κ2) is 5.85. The van der Waals surface area contributed by atoms with Crippen LogP contribution in [0.4, 0.5) is 18.9 Å². The maximum Gasteiger partial charge on any atom is 0.416 e. The van der Waals surface area contributed by atoms with E-state index in [4.69, 9.17) is 17.3 Å². The summed E-state index contributed by atoms with van der Waals surface area (Å²) in [6.45, 7) is 0. The average molecular weight is 321 g/mol. The van der Waals surface area contributed by atoms with Crippen LogP contribution in [-0.4, -0.2) is 11.4 Å². The van der Waals surface area contributed by atoms with Crippen molar-refractivity contribution >= 4 is 23.2 Å². The quantitative estimate of drug-likeness (QED) is 0.866. The average Bonchev–Trinajstić information content (AvgIpc) is 2.37. The maximum atomic E-state index is 12.7. The molecule has 0 bridgehead atoms. The third kappa shape index (κ3) is 3.89. The fourth-order valence-electron chi connectivity index (χ4n) is 2.49. The molecule has 1 fully saturated rings. The van der Waals surface area contributed by atoms with Crippen LogP contribution in [0.2, 0.25) is 5.02 Å². The van der Waals surface area contributed by atoms with E-state index in [1.165, 1.54) is 6.07 Å². The Bertz CT molecular complexity index is 540. The van der Waals surface area contributed by atoms with Crippen molar-refractivity contribution in [3.63, 3.8) is 0 Å². The molecule has 0 heterocycles. The van der Waals surface area contributed by atoms with E-state index in [-0.39, 0.29) is 10.7 Å². The predicted octanol–water partition coefficient (Wildman–Crippen LogP) is 3.96. The summed E-state index contributed by atoms with van der Waals surface area (Å²) in [5.41, 5.74) is 4.14. The molecule has 0 radical (unpaired) electrons. The maximum absolute atomic E-state index is 12.7. The smallest absolute Gasteiger partial charge is 0.324 e. The van der Waals surface area contributed by atoms with Crippen LogP contribution in [0.1, 0.15) is 37.7 Å². The number of anilines is 1. The van der Waals surface area contributed by atoms with E-state index in [9.17, 15) is 18.0 Å². The first-order chi connectivity index (χ1) is 9.71. The lowest BCUT2D eigenvalue weighted by molar-refractivity contribution is -0.137. The van der Waals surface area contributed by atoms with Crippen molar-refractivity contribution in [1.29, 1.82) is 0 Å². The molecule has 1 saturated carbocycles. The van der Waals surface area contributed by atoms with Gasteiger partial charge in [0.2, 0.25) is 5.91 Å². The number of halogens is 4. The monoisotopic (exact) mass is 320 g/mol. The lowest BCUT2D eigenvalue weighted by atomic mass is 9.82. The van der Waals surface area contributed by atoms with E-state index in [0.29, 0.717) is 12.8 Å². The van der Waals surface area contributed by atoms with Crippen LogP contribution < -0.4 is 11.1 Å². The molecule has 0 atom stereocenters. The van der Waals surface area contributed by atoms with Gasteiger partial charge in [0.15, 0.2) is 0 Å². The van der Waals surface area contributed by atoms with Crippen LogP contribution in [0.3, 0.4) is 0 Å². The van der Waals surface area contributed by atoms with Gasteiger partial charge < -0.3 is 11.1 Å². The van der Waals surface area contributed by atoms with Crippen LogP contribution in [-0.2, 0) is 11.0 Å². The van der Waals surface area contributed by atoms with Crippen molar-refractivity contribution in [3.8, 4) is 0 Å². The van der Waals surface area contributed by atoms with Crippen molar-refractivity contribution < 1.29 is 18.0 Å². The lowest BCUT2D eigenvalue weighted by Crippen LogP contribution is -2.52. The molecule has 0 saturated heterocycles. The summed E-state index contributed by atoms with van der Waals surface area (Å²) in [6, 6.07) is 2.95. The Morgan fingerprint density at radius 3 is 2.38 bits per heavy atom. The first kappa shape index (κ1) is 16.1. The number of hydrogen-bond acceptors (Lipinski definition) is 2. The summed E-state index contributed by atoms with van der Waals surface area (Å²) in [4.78, 5) is 12.2. The van der Waals surface area contributed by atoms with Gasteiger partial charge in [-0.25, -0.2) is 0 Å². The standard InChI is InChI=1S/C14H16ClF3N2O/c15-10-6-9(14(16,17)18)7-11(8-10)20-12(21)13(19)4-2-1-3-5-13/h6-8H,1-5,19H2,(H,20,21). The predicted molar refractivity (Wildman–Crippen MR) is 75.1 cm³/mol. The summed E-state index contributed by atoms with van der Waals surface area (Å²) in [5, 5.41) is 2.37. The van der Waals surface area contributed by atoms with Gasteiger partial charge in [-0.2, -0.15) is 13.2 Å². The Kier molecular flexibility index (Phi) is 4.49. The van der Waals surface area contributed by atoms with E-state index in [1.54, 1.807) is 0 Å². The molecule has 1 aromatic carbocycles. The summed E-state index contributed by atoms with van der Waals surface area (Å²) < 4.78 is 38.2. The first-order valence-corrected chi connectivity index (χ1v) is 7.07. The highest BCUT2D eigenvalue weighted by Gasteiger charge is 2.36. The molecule has 1 aliphatic rings. The summed E-state index contributed by atoms with van der Waals surface area (Å²) >= 11 is 5.68. The second-order valence-corrected chi connectivity index (χ2v) is 5.83. The molecule has 1 amide bonds. The van der Waals surface area contributed by atoms with E-state index in [2.05, 4.69) is 5.32 Å². The number of carbonyl (C=O) groups is 1. The van der Waals surface area contributed by atoms with Gasteiger partial charge in [0.25, 0.3) is 0 Å². The van der Waals surface area contributed by atoms with Crippen LogP contribution in [0.5, 0.6) is 0 Å². The van der Waals surface area contributed by atoms with Crippen LogP contribution in [0.15, 0.2) is 18.2 Å². The van der Waals surface area contributed by atoms with Gasteiger partial charge >= 0.3 is 6.18 Å². The molecule has 0 unspecified atom stereocenters. The van der Waals surface area contributed by atoms with E-state index >= 15 is 0 Å². The van der Waals surface area contributed by atoms with Gasteiger partial charge in [-0.1, -0.05) is 30.9 Å². The van der Waals surface area contributed by atoms with Gasteiger partial charge in [-0.15, -0.1) is 0 Å². The molecule has 0 spiro atoms. The third-order valence-corrected chi connectivity index (χ3v) is 3.90. The SMILES string of the molecule is NC1(C(=O)Nc2cc(Cl)cc(C(F)(F)F)c2)CCCCC1. The van der Waals surface area contributed by atoms with Gasteiger partial charge in [0, 0.05) is 10.7 Å². The van der Waals surface area contributed by atoms with Crippen LogP contribution in [0, 0.1) is 0 Å². The lowest BCUT2D eigenvalue weighted by Gasteiger charge is -2.31. The second-order valence-electron chi connectivity index (χ2n) is 5.40. The summed E-state index contributed by atoms with van der Waals surface area (Å²) in [7, 11) is 0. The molecule has 7 heteroatoms. The Balaban J connectivity index is 2.19. The van der Waals surface area contributed by atoms with Crippen molar-refractivity contribution in [3.05, 3.63) is 28.8 Å². The minimum atomic E-state index is -4.52. The van der Waals surface area contributed by atoms with Crippen molar-refractivity contribution in [2.24, 2.45) is 5.73 Å². The molecular weight excluding hydrogens is 305 g/mol. The number of nitrogens with two attached hydrogens (primary N) is 1. The fourth-order valence-corrected chi connectivity index (χ4v) is 2.73. The fraction of sp³-hybridized carbons (Fsp3) is 0.500. The Morgan fingerprint density at radius 1 is 1.19 bits per heavy atom. The van der Waals surface area contributed by atoms with E-state index < -0.39 is 23.2 Å². The highest BCUT2D eigenvalue weighted by atomic mass is 35.5. The van der Waals surface area contributed by atoms with Crippen LogP contribution in [0.25, 0.3) is 0 Å². The number of rotatable bonds is 2. The zero-order valence-corrected chi connectivity index (χ0v) is 12.0. The van der Waals surface area contributed by atoms with Crippen molar-refractivity contribution in [1.82, 2.24) is 0 Å². The Morgan fingerprint density at radius 2 is 1.81 bits per heavy atom. The number of alkyl halides is 3. The van der Waals surface area contributed by atoms with Gasteiger partial charge in [-0.05, 0) is 31.0 Å². The topological polar surface area (TPSA) is 55.1 Å². The summed E-state index contributed by atoms with van der Waals surface area (Å²) in [6.07, 6.45) is -0.755. The minimum Gasteiger partial charge on any atom is -0.324 e. The van der Waals surface area contributed by atoms with Gasteiger partial charge in [0.05, 0.1) is 11.1 Å². The molecule has 2 rings (SSSR count). The Hall–Kier alpha value is -1.27. The zero-order chi connectivity index (χ0) is 15.7. The van der Waals surface area contributed by atoms with Gasteiger partial charge in [-0.3, -0.25) is 4.79 Å². The highest BCUT2D eigenvalue weighted by Crippen LogP contribution is 2.34. The molecule has 0 aliphatic heterocycles. The number of amides is 1. The molecule has 3 N–H and O–H groups in total. The molecule has 116 valence electrons. The Labute approximate surface area is 125 Å². The third-order valence-electron chi connectivity index (χ3n) is 3.68. The number of benzene rings is 1. The molecule has 3 nitrogen and oxygen atoms in total. The van der Waals surface area contributed by atoms with Crippen molar-refractivity contribution in [2.45, 2.75) is 43.8 Å².